The van der Waals surface area contributed by atoms with E-state index in [1.807, 2.05) is 31.2 Å². The summed E-state index contributed by atoms with van der Waals surface area (Å²) in [7, 11) is 1.60. The van der Waals surface area contributed by atoms with E-state index in [4.69, 9.17) is 9.47 Å². The number of hydrogen-bond donors (Lipinski definition) is 2. The molecule has 156 valence electrons. The Labute approximate surface area is 178 Å². The molecule has 1 saturated heterocycles. The molecule has 9 heteroatoms. The first-order chi connectivity index (χ1) is 14.6. The predicted molar refractivity (Wildman–Crippen MR) is 118 cm³/mol. The molecule has 2 aromatic rings. The van der Waals surface area contributed by atoms with Crippen LogP contribution in [0.3, 0.4) is 0 Å². The number of methoxy groups -OCH3 is 1. The molecule has 1 unspecified atom stereocenters. The van der Waals surface area contributed by atoms with Gasteiger partial charge in [0.2, 0.25) is 11.8 Å². The highest BCUT2D eigenvalue weighted by Crippen LogP contribution is 2.23. The van der Waals surface area contributed by atoms with Gasteiger partial charge in [-0.05, 0) is 61.0 Å². The Balaban J connectivity index is 1.51. The third-order valence-corrected chi connectivity index (χ3v) is 5.14. The highest BCUT2D eigenvalue weighted by molar-refractivity contribution is 8.15. The molecular weight excluding hydrogens is 404 g/mol. The Morgan fingerprint density at radius 3 is 2.53 bits per heavy atom. The second-order valence-electron chi connectivity index (χ2n) is 6.23. The van der Waals surface area contributed by atoms with Crippen LogP contribution in [-0.2, 0) is 9.59 Å². The second-order valence-corrected chi connectivity index (χ2v) is 7.42. The molecule has 1 atom stereocenters. The zero-order valence-electron chi connectivity index (χ0n) is 16.6. The number of carbonyl (C=O) groups excluding carboxylic acids is 2. The Kier molecular flexibility index (Phi) is 7.45. The van der Waals surface area contributed by atoms with Crippen molar-refractivity contribution in [1.82, 2.24) is 5.32 Å². The average molecular weight is 426 g/mol. The fraction of sp³-hybridized carbons (Fsp3) is 0.238. The summed E-state index contributed by atoms with van der Waals surface area (Å²) in [6.07, 6.45) is 1.61. The van der Waals surface area contributed by atoms with E-state index in [-0.39, 0.29) is 18.2 Å². The van der Waals surface area contributed by atoms with Gasteiger partial charge in [-0.15, -0.1) is 5.10 Å². The molecule has 0 aromatic heterocycles. The van der Waals surface area contributed by atoms with Crippen LogP contribution in [0.25, 0.3) is 0 Å². The fourth-order valence-electron chi connectivity index (χ4n) is 2.61. The van der Waals surface area contributed by atoms with Crippen LogP contribution >= 0.6 is 11.8 Å². The number of amidine groups is 1. The fourth-order valence-corrected chi connectivity index (χ4v) is 3.53. The highest BCUT2D eigenvalue weighted by Gasteiger charge is 2.32. The number of hydrogen-bond acceptors (Lipinski definition) is 7. The van der Waals surface area contributed by atoms with Crippen molar-refractivity contribution in [1.29, 1.82) is 0 Å². The highest BCUT2D eigenvalue weighted by atomic mass is 32.2. The van der Waals surface area contributed by atoms with Crippen molar-refractivity contribution in [2.24, 2.45) is 10.2 Å². The van der Waals surface area contributed by atoms with E-state index in [2.05, 4.69) is 20.8 Å². The lowest BCUT2D eigenvalue weighted by Gasteiger charge is -2.08. The van der Waals surface area contributed by atoms with E-state index in [0.29, 0.717) is 17.5 Å². The zero-order chi connectivity index (χ0) is 21.3. The SMILES string of the molecule is CCOc1ccc(NC(=O)CC2S/C(=N/N=Cc3ccc(OC)cc3)NC2=O)cc1. The summed E-state index contributed by atoms with van der Waals surface area (Å²) in [6, 6.07) is 14.4. The zero-order valence-corrected chi connectivity index (χ0v) is 17.4. The number of benzene rings is 2. The van der Waals surface area contributed by atoms with Gasteiger partial charge in [0.1, 0.15) is 16.7 Å². The van der Waals surface area contributed by atoms with Crippen molar-refractivity contribution in [2.45, 2.75) is 18.6 Å². The lowest BCUT2D eigenvalue weighted by atomic mass is 10.2. The summed E-state index contributed by atoms with van der Waals surface area (Å²) in [5.74, 6) is 0.968. The van der Waals surface area contributed by atoms with Crippen molar-refractivity contribution in [3.8, 4) is 11.5 Å². The normalized spacial score (nSPS) is 17.2. The van der Waals surface area contributed by atoms with E-state index in [9.17, 15) is 9.59 Å². The standard InChI is InChI=1S/C21H22N4O4S/c1-3-29-17-10-6-15(7-11-17)23-19(26)12-18-20(27)24-21(30-18)25-22-13-14-4-8-16(28-2)9-5-14/h4-11,13,18H,3,12H2,1-2H3,(H,23,26)(H,24,25,27). The monoisotopic (exact) mass is 426 g/mol. The third kappa shape index (κ3) is 6.08. The van der Waals surface area contributed by atoms with Crippen molar-refractivity contribution >= 4 is 40.6 Å². The molecule has 2 N–H and O–H groups in total. The first kappa shape index (κ1) is 21.4. The lowest BCUT2D eigenvalue weighted by Crippen LogP contribution is -2.28. The average Bonchev–Trinajstić information content (AvgIpc) is 3.09. The van der Waals surface area contributed by atoms with Gasteiger partial charge >= 0.3 is 0 Å². The Morgan fingerprint density at radius 2 is 1.87 bits per heavy atom. The van der Waals surface area contributed by atoms with Crippen LogP contribution in [0.1, 0.15) is 18.9 Å². The van der Waals surface area contributed by atoms with Gasteiger partial charge in [0.25, 0.3) is 0 Å². The van der Waals surface area contributed by atoms with E-state index in [1.54, 1.807) is 37.6 Å². The van der Waals surface area contributed by atoms with Crippen molar-refractivity contribution < 1.29 is 19.1 Å². The van der Waals surface area contributed by atoms with E-state index in [1.165, 1.54) is 11.8 Å². The summed E-state index contributed by atoms with van der Waals surface area (Å²) in [6.45, 7) is 2.48. The van der Waals surface area contributed by atoms with Crippen molar-refractivity contribution in [2.75, 3.05) is 19.0 Å². The van der Waals surface area contributed by atoms with Gasteiger partial charge in [-0.3, -0.25) is 9.59 Å². The maximum atomic E-state index is 12.3. The molecule has 30 heavy (non-hydrogen) atoms. The Hall–Kier alpha value is -3.33. The van der Waals surface area contributed by atoms with Crippen molar-refractivity contribution in [3.05, 3.63) is 54.1 Å². The molecule has 0 spiro atoms. The van der Waals surface area contributed by atoms with E-state index < -0.39 is 5.25 Å². The smallest absolute Gasteiger partial charge is 0.240 e. The van der Waals surface area contributed by atoms with Crippen LogP contribution in [0.5, 0.6) is 11.5 Å². The second kappa shape index (κ2) is 10.4. The van der Waals surface area contributed by atoms with E-state index >= 15 is 0 Å². The molecule has 8 nitrogen and oxygen atoms in total. The molecule has 1 aliphatic heterocycles. The van der Waals surface area contributed by atoms with Gasteiger partial charge < -0.3 is 20.1 Å². The molecule has 3 rings (SSSR count). The number of rotatable bonds is 8. The molecule has 0 saturated carbocycles. The summed E-state index contributed by atoms with van der Waals surface area (Å²) in [5, 5.41) is 13.2. The molecule has 1 aliphatic rings. The first-order valence-corrected chi connectivity index (χ1v) is 10.2. The molecular formula is C21H22N4O4S. The number of thioether (sulfide) groups is 1. The number of nitrogens with one attached hydrogen (secondary N) is 2. The summed E-state index contributed by atoms with van der Waals surface area (Å²) in [4.78, 5) is 24.4. The molecule has 0 radical (unpaired) electrons. The van der Waals surface area contributed by atoms with E-state index in [0.717, 1.165) is 17.1 Å². The molecule has 1 heterocycles. The van der Waals surface area contributed by atoms with Crippen LogP contribution in [0.2, 0.25) is 0 Å². The Morgan fingerprint density at radius 1 is 1.17 bits per heavy atom. The number of amides is 2. The summed E-state index contributed by atoms with van der Waals surface area (Å²) < 4.78 is 10.5. The third-order valence-electron chi connectivity index (χ3n) is 4.07. The van der Waals surface area contributed by atoms with Gasteiger partial charge in [0.15, 0.2) is 5.17 Å². The quantitative estimate of drug-likeness (QED) is 0.499. The van der Waals surface area contributed by atoms with Crippen LogP contribution in [0.15, 0.2) is 58.7 Å². The molecule has 0 aliphatic carbocycles. The number of carbonyl (C=O) groups is 2. The van der Waals surface area contributed by atoms with Crippen LogP contribution in [0.4, 0.5) is 5.69 Å². The number of nitrogens with zero attached hydrogens (tertiary/aromatic N) is 2. The largest absolute Gasteiger partial charge is 0.497 e. The topological polar surface area (TPSA) is 101 Å². The molecule has 1 fully saturated rings. The minimum Gasteiger partial charge on any atom is -0.497 e. The first-order valence-electron chi connectivity index (χ1n) is 9.32. The summed E-state index contributed by atoms with van der Waals surface area (Å²) in [5.41, 5.74) is 1.49. The molecule has 2 aromatic carbocycles. The molecule has 2 amide bonds. The van der Waals surface area contributed by atoms with Gasteiger partial charge in [0, 0.05) is 12.1 Å². The minimum absolute atomic E-state index is 0.0327. The maximum Gasteiger partial charge on any atom is 0.240 e. The van der Waals surface area contributed by atoms with Gasteiger partial charge in [-0.2, -0.15) is 5.10 Å². The van der Waals surface area contributed by atoms with Gasteiger partial charge in [0.05, 0.1) is 19.9 Å². The number of anilines is 1. The minimum atomic E-state index is -0.553. The predicted octanol–water partition coefficient (Wildman–Crippen LogP) is 3.04. The van der Waals surface area contributed by atoms with Crippen LogP contribution in [0, 0.1) is 0 Å². The number of ether oxygens (including phenoxy) is 2. The van der Waals surface area contributed by atoms with Gasteiger partial charge in [-0.25, -0.2) is 0 Å². The van der Waals surface area contributed by atoms with Crippen LogP contribution < -0.4 is 20.1 Å². The maximum absolute atomic E-state index is 12.3. The lowest BCUT2D eigenvalue weighted by molar-refractivity contribution is -0.122. The molecule has 0 bridgehead atoms. The van der Waals surface area contributed by atoms with Crippen molar-refractivity contribution in [3.63, 3.8) is 0 Å². The van der Waals surface area contributed by atoms with Crippen LogP contribution in [-0.4, -0.2) is 42.2 Å². The van der Waals surface area contributed by atoms with Gasteiger partial charge in [-0.1, -0.05) is 11.8 Å². The summed E-state index contributed by atoms with van der Waals surface area (Å²) >= 11 is 1.18. The Bertz CT molecular complexity index is 942.